The Hall–Kier alpha value is -0.0800. The van der Waals surface area contributed by atoms with Gasteiger partial charge in [-0.15, -0.1) is 0 Å². The molecule has 1 saturated heterocycles. The molecule has 16 heavy (non-hydrogen) atoms. The smallest absolute Gasteiger partial charge is 0.0561 e. The van der Waals surface area contributed by atoms with Crippen LogP contribution in [0.15, 0.2) is 0 Å². The molecule has 2 fully saturated rings. The maximum absolute atomic E-state index is 5.59. The highest BCUT2D eigenvalue weighted by atomic mass is 16.5. The monoisotopic (exact) mass is 225 g/mol. The Morgan fingerprint density at radius 3 is 2.38 bits per heavy atom. The number of ether oxygens (including phenoxy) is 1. The fourth-order valence-electron chi connectivity index (χ4n) is 3.05. The summed E-state index contributed by atoms with van der Waals surface area (Å²) in [6.07, 6.45) is 8.32. The third kappa shape index (κ3) is 3.46. The molecule has 0 radical (unpaired) electrons. The van der Waals surface area contributed by atoms with Crippen LogP contribution in [-0.4, -0.2) is 24.8 Å². The second-order valence-electron chi connectivity index (χ2n) is 6.51. The quantitative estimate of drug-likeness (QED) is 0.779. The molecule has 2 unspecified atom stereocenters. The van der Waals surface area contributed by atoms with Gasteiger partial charge in [-0.1, -0.05) is 13.8 Å². The summed E-state index contributed by atoms with van der Waals surface area (Å²) in [6, 6.07) is 1.47. The van der Waals surface area contributed by atoms with Gasteiger partial charge in [-0.05, 0) is 50.9 Å². The summed E-state index contributed by atoms with van der Waals surface area (Å²) in [7, 11) is 0. The second-order valence-corrected chi connectivity index (χ2v) is 6.51. The van der Waals surface area contributed by atoms with Crippen molar-refractivity contribution in [3.8, 4) is 0 Å². The highest BCUT2D eigenvalue weighted by Gasteiger charge is 2.29. The molecular formula is C14H27NO. The Morgan fingerprint density at radius 2 is 1.75 bits per heavy atom. The molecule has 1 saturated carbocycles. The molecule has 2 nitrogen and oxygen atoms in total. The van der Waals surface area contributed by atoms with Gasteiger partial charge < -0.3 is 10.1 Å². The zero-order chi connectivity index (χ0) is 11.6. The van der Waals surface area contributed by atoms with E-state index in [0.717, 1.165) is 12.6 Å². The van der Waals surface area contributed by atoms with Gasteiger partial charge >= 0.3 is 0 Å². The molecule has 0 aromatic heterocycles. The summed E-state index contributed by atoms with van der Waals surface area (Å²) in [5.74, 6) is 0. The normalized spacial score (nSPS) is 36.2. The number of hydrogen-bond acceptors (Lipinski definition) is 2. The van der Waals surface area contributed by atoms with Crippen molar-refractivity contribution < 1.29 is 4.74 Å². The Kier molecular flexibility index (Phi) is 3.91. The fourth-order valence-corrected chi connectivity index (χ4v) is 3.05. The fraction of sp³-hybridized carbons (Fsp3) is 1.00. The maximum atomic E-state index is 5.59. The molecule has 2 rings (SSSR count). The summed E-state index contributed by atoms with van der Waals surface area (Å²) >= 11 is 0. The molecular weight excluding hydrogens is 198 g/mol. The molecule has 0 aromatic rings. The van der Waals surface area contributed by atoms with Crippen LogP contribution in [0, 0.1) is 5.41 Å². The zero-order valence-electron chi connectivity index (χ0n) is 11.1. The minimum absolute atomic E-state index is 0.450. The summed E-state index contributed by atoms with van der Waals surface area (Å²) in [5.41, 5.74) is 0.584. The van der Waals surface area contributed by atoms with Gasteiger partial charge in [0.15, 0.2) is 0 Å². The highest BCUT2D eigenvalue weighted by molar-refractivity contribution is 4.85. The molecule has 1 heterocycles. The summed E-state index contributed by atoms with van der Waals surface area (Å²) < 4.78 is 5.59. The summed E-state index contributed by atoms with van der Waals surface area (Å²) in [5, 5.41) is 3.85. The van der Waals surface area contributed by atoms with Gasteiger partial charge in [0.05, 0.1) is 6.10 Å². The van der Waals surface area contributed by atoms with Gasteiger partial charge in [-0.3, -0.25) is 0 Å². The van der Waals surface area contributed by atoms with Gasteiger partial charge in [0.1, 0.15) is 0 Å². The first kappa shape index (κ1) is 12.4. The first-order chi connectivity index (χ1) is 7.55. The molecule has 2 aliphatic rings. The molecule has 2 heteroatoms. The van der Waals surface area contributed by atoms with E-state index in [0.29, 0.717) is 17.6 Å². The van der Waals surface area contributed by atoms with Crippen molar-refractivity contribution >= 4 is 0 Å². The number of rotatable bonds is 2. The molecule has 0 aromatic carbocycles. The van der Waals surface area contributed by atoms with Gasteiger partial charge in [0.25, 0.3) is 0 Å². The van der Waals surface area contributed by atoms with Gasteiger partial charge in [-0.2, -0.15) is 0 Å². The topological polar surface area (TPSA) is 21.3 Å². The molecule has 1 aliphatic carbocycles. The molecule has 94 valence electrons. The van der Waals surface area contributed by atoms with Crippen molar-refractivity contribution in [1.82, 2.24) is 5.32 Å². The molecule has 1 aliphatic heterocycles. The lowest BCUT2D eigenvalue weighted by atomic mass is 9.75. The number of hydrogen-bond donors (Lipinski definition) is 1. The van der Waals surface area contributed by atoms with E-state index in [2.05, 4.69) is 26.1 Å². The average molecular weight is 225 g/mol. The third-order valence-corrected chi connectivity index (χ3v) is 4.30. The molecule has 2 atom stereocenters. The van der Waals surface area contributed by atoms with Crippen molar-refractivity contribution in [3.05, 3.63) is 0 Å². The average Bonchev–Trinajstić information content (AvgIpc) is 2.21. The first-order valence-electron chi connectivity index (χ1n) is 6.93. The van der Waals surface area contributed by atoms with E-state index in [4.69, 9.17) is 4.74 Å². The Bertz CT molecular complexity index is 217. The maximum Gasteiger partial charge on any atom is 0.0561 e. The van der Waals surface area contributed by atoms with E-state index in [1.165, 1.54) is 38.5 Å². The van der Waals surface area contributed by atoms with E-state index >= 15 is 0 Å². The van der Waals surface area contributed by atoms with E-state index in [-0.39, 0.29) is 0 Å². The highest BCUT2D eigenvalue weighted by Crippen LogP contribution is 2.35. The lowest BCUT2D eigenvalue weighted by Gasteiger charge is -2.38. The van der Waals surface area contributed by atoms with Crippen LogP contribution in [0.4, 0.5) is 0 Å². The largest absolute Gasteiger partial charge is 0.378 e. The lowest BCUT2D eigenvalue weighted by molar-refractivity contribution is 0.00923. The van der Waals surface area contributed by atoms with Crippen LogP contribution in [0.2, 0.25) is 0 Å². The molecule has 0 spiro atoms. The van der Waals surface area contributed by atoms with Gasteiger partial charge in [0.2, 0.25) is 0 Å². The van der Waals surface area contributed by atoms with Crippen LogP contribution in [0.1, 0.15) is 59.3 Å². The van der Waals surface area contributed by atoms with Crippen LogP contribution in [0.3, 0.4) is 0 Å². The minimum atomic E-state index is 0.450. The Balaban J connectivity index is 1.74. The van der Waals surface area contributed by atoms with Crippen molar-refractivity contribution in [2.45, 2.75) is 77.5 Å². The van der Waals surface area contributed by atoms with Crippen molar-refractivity contribution in [2.24, 2.45) is 5.41 Å². The van der Waals surface area contributed by atoms with Crippen molar-refractivity contribution in [1.29, 1.82) is 0 Å². The van der Waals surface area contributed by atoms with Crippen LogP contribution >= 0.6 is 0 Å². The zero-order valence-corrected chi connectivity index (χ0v) is 11.1. The summed E-state index contributed by atoms with van der Waals surface area (Å²) in [6.45, 7) is 7.94. The van der Waals surface area contributed by atoms with Gasteiger partial charge in [-0.25, -0.2) is 0 Å². The van der Waals surface area contributed by atoms with Crippen LogP contribution in [-0.2, 0) is 4.74 Å². The van der Waals surface area contributed by atoms with Crippen molar-refractivity contribution in [3.63, 3.8) is 0 Å². The SMILES string of the molecule is CC1CC(NC2CCC(C)(C)CC2)CCO1. The van der Waals surface area contributed by atoms with E-state index in [1.807, 2.05) is 0 Å². The van der Waals surface area contributed by atoms with Crippen LogP contribution < -0.4 is 5.32 Å². The lowest BCUT2D eigenvalue weighted by Crippen LogP contribution is -2.45. The van der Waals surface area contributed by atoms with E-state index in [1.54, 1.807) is 0 Å². The van der Waals surface area contributed by atoms with Crippen LogP contribution in [0.5, 0.6) is 0 Å². The predicted molar refractivity (Wildman–Crippen MR) is 67.6 cm³/mol. The Morgan fingerprint density at radius 1 is 1.06 bits per heavy atom. The minimum Gasteiger partial charge on any atom is -0.378 e. The summed E-state index contributed by atoms with van der Waals surface area (Å²) in [4.78, 5) is 0. The Labute approximate surface area is 100 Å². The first-order valence-corrected chi connectivity index (χ1v) is 6.93. The number of nitrogens with one attached hydrogen (secondary N) is 1. The van der Waals surface area contributed by atoms with Gasteiger partial charge in [0, 0.05) is 18.7 Å². The standard InChI is InChI=1S/C14H27NO/c1-11-10-13(6-9-16-11)15-12-4-7-14(2,3)8-5-12/h11-13,15H,4-10H2,1-3H3. The van der Waals surface area contributed by atoms with Crippen LogP contribution in [0.25, 0.3) is 0 Å². The van der Waals surface area contributed by atoms with Crippen molar-refractivity contribution in [2.75, 3.05) is 6.61 Å². The van der Waals surface area contributed by atoms with E-state index in [9.17, 15) is 0 Å². The predicted octanol–water partition coefficient (Wildman–Crippen LogP) is 3.11. The third-order valence-electron chi connectivity index (χ3n) is 4.30. The second kappa shape index (κ2) is 5.05. The van der Waals surface area contributed by atoms with E-state index < -0.39 is 0 Å². The molecule has 0 amide bonds. The molecule has 1 N–H and O–H groups in total. The molecule has 0 bridgehead atoms.